The molecular formula is C18H23N3O2S. The number of piperidine rings is 1. The number of rotatable bonds is 2. The maximum absolute atomic E-state index is 13.0. The number of hydrogen-bond acceptors (Lipinski definition) is 4. The number of thiazole rings is 1. The van der Waals surface area contributed by atoms with Gasteiger partial charge in [0.05, 0.1) is 11.3 Å². The van der Waals surface area contributed by atoms with Gasteiger partial charge in [0.1, 0.15) is 4.88 Å². The topological polar surface area (TPSA) is 58.4 Å². The number of amides is 1. The van der Waals surface area contributed by atoms with Crippen molar-refractivity contribution in [2.45, 2.75) is 44.6 Å². The summed E-state index contributed by atoms with van der Waals surface area (Å²) in [7, 11) is 0. The van der Waals surface area contributed by atoms with Crippen LogP contribution in [0.4, 0.5) is 0 Å². The Morgan fingerprint density at radius 3 is 2.92 bits per heavy atom. The van der Waals surface area contributed by atoms with E-state index in [9.17, 15) is 9.90 Å². The van der Waals surface area contributed by atoms with Gasteiger partial charge in [-0.15, -0.1) is 0 Å². The summed E-state index contributed by atoms with van der Waals surface area (Å²) in [5.41, 5.74) is 0.242. The second-order valence-electron chi connectivity index (χ2n) is 7.05. The lowest BCUT2D eigenvalue weighted by atomic mass is 9.71. The van der Waals surface area contributed by atoms with Crippen molar-refractivity contribution in [2.75, 3.05) is 13.1 Å². The van der Waals surface area contributed by atoms with Crippen molar-refractivity contribution in [3.05, 3.63) is 35.1 Å². The largest absolute Gasteiger partial charge is 0.389 e. The molecule has 2 atom stereocenters. The zero-order valence-corrected chi connectivity index (χ0v) is 14.8. The van der Waals surface area contributed by atoms with Gasteiger partial charge in [-0.25, -0.2) is 4.98 Å². The van der Waals surface area contributed by atoms with Crippen LogP contribution in [0.3, 0.4) is 0 Å². The molecule has 1 N–H and O–H groups in total. The molecule has 2 fully saturated rings. The maximum atomic E-state index is 13.0. The Labute approximate surface area is 145 Å². The van der Waals surface area contributed by atoms with Crippen LogP contribution in [0.5, 0.6) is 0 Å². The summed E-state index contributed by atoms with van der Waals surface area (Å²) in [6, 6.07) is 3.90. The average molecular weight is 345 g/mol. The van der Waals surface area contributed by atoms with Crippen LogP contribution < -0.4 is 0 Å². The van der Waals surface area contributed by atoms with Crippen LogP contribution in [-0.4, -0.2) is 44.2 Å². The molecule has 1 aliphatic heterocycles. The quantitative estimate of drug-likeness (QED) is 0.910. The van der Waals surface area contributed by atoms with Gasteiger partial charge in [-0.3, -0.25) is 4.79 Å². The van der Waals surface area contributed by atoms with E-state index in [1.807, 2.05) is 40.9 Å². The second-order valence-corrected chi connectivity index (χ2v) is 8.03. The maximum Gasteiger partial charge on any atom is 0.265 e. The van der Waals surface area contributed by atoms with E-state index in [0.29, 0.717) is 19.5 Å². The molecule has 2 aromatic heterocycles. The molecule has 1 aliphatic carbocycles. The van der Waals surface area contributed by atoms with Crippen molar-refractivity contribution in [2.24, 2.45) is 5.92 Å². The Kier molecular flexibility index (Phi) is 3.96. The van der Waals surface area contributed by atoms with Gasteiger partial charge in [-0.2, -0.15) is 0 Å². The first-order chi connectivity index (χ1) is 11.6. The summed E-state index contributed by atoms with van der Waals surface area (Å²) in [5.74, 6) is 0.289. The van der Waals surface area contributed by atoms with Gasteiger partial charge in [0.2, 0.25) is 0 Å². The molecule has 5 nitrogen and oxygen atoms in total. The van der Waals surface area contributed by atoms with Gasteiger partial charge < -0.3 is 14.6 Å². The minimum atomic E-state index is -0.548. The van der Waals surface area contributed by atoms with Crippen molar-refractivity contribution >= 4 is 17.2 Å². The third kappa shape index (κ3) is 2.67. The smallest absolute Gasteiger partial charge is 0.265 e. The van der Waals surface area contributed by atoms with Gasteiger partial charge in [-0.05, 0) is 38.3 Å². The first-order valence-electron chi connectivity index (χ1n) is 8.69. The SMILES string of the molecule is Cc1nc(-n2cccc2)sc1C(=O)N1CCC2(O)CCCCC2C1. The number of aromatic nitrogens is 2. The third-order valence-corrected chi connectivity index (χ3v) is 6.68. The number of nitrogens with zero attached hydrogens (tertiary/aromatic N) is 3. The summed E-state index contributed by atoms with van der Waals surface area (Å²) in [5, 5.41) is 11.6. The molecule has 3 heterocycles. The first-order valence-corrected chi connectivity index (χ1v) is 9.51. The molecule has 6 heteroatoms. The zero-order valence-electron chi connectivity index (χ0n) is 13.9. The minimum Gasteiger partial charge on any atom is -0.389 e. The van der Waals surface area contributed by atoms with E-state index in [-0.39, 0.29) is 11.8 Å². The van der Waals surface area contributed by atoms with E-state index in [1.54, 1.807) is 0 Å². The van der Waals surface area contributed by atoms with Crippen LogP contribution in [0.25, 0.3) is 5.13 Å². The van der Waals surface area contributed by atoms with E-state index >= 15 is 0 Å². The highest BCUT2D eigenvalue weighted by Gasteiger charge is 2.44. The molecule has 0 bridgehead atoms. The summed E-state index contributed by atoms with van der Waals surface area (Å²) in [6.07, 6.45) is 8.76. The molecule has 1 saturated heterocycles. The molecular weight excluding hydrogens is 322 g/mol. The molecule has 0 aromatic carbocycles. The van der Waals surface area contributed by atoms with E-state index < -0.39 is 5.60 Å². The molecule has 24 heavy (non-hydrogen) atoms. The number of hydrogen-bond donors (Lipinski definition) is 1. The number of aryl methyl sites for hydroxylation is 1. The van der Waals surface area contributed by atoms with Gasteiger partial charge in [0, 0.05) is 31.4 Å². The summed E-state index contributed by atoms with van der Waals surface area (Å²) >= 11 is 1.45. The first kappa shape index (κ1) is 15.8. The van der Waals surface area contributed by atoms with Gasteiger partial charge >= 0.3 is 0 Å². The lowest BCUT2D eigenvalue weighted by Gasteiger charge is -2.47. The molecule has 2 aliphatic rings. The zero-order chi connectivity index (χ0) is 16.7. The number of aliphatic hydroxyl groups is 1. The molecule has 128 valence electrons. The summed E-state index contributed by atoms with van der Waals surface area (Å²) in [6.45, 7) is 3.21. The van der Waals surface area contributed by atoms with Crippen LogP contribution in [-0.2, 0) is 0 Å². The average Bonchev–Trinajstić information content (AvgIpc) is 3.22. The highest BCUT2D eigenvalue weighted by Crippen LogP contribution is 2.40. The Morgan fingerprint density at radius 1 is 1.33 bits per heavy atom. The molecule has 2 unspecified atom stereocenters. The Balaban J connectivity index is 1.54. The van der Waals surface area contributed by atoms with Gasteiger partial charge in [0.25, 0.3) is 5.91 Å². The summed E-state index contributed by atoms with van der Waals surface area (Å²) < 4.78 is 1.94. The third-order valence-electron chi connectivity index (χ3n) is 5.52. The highest BCUT2D eigenvalue weighted by molar-refractivity contribution is 7.16. The van der Waals surface area contributed by atoms with Crippen LogP contribution >= 0.6 is 11.3 Å². The second kappa shape index (κ2) is 6.01. The van der Waals surface area contributed by atoms with Crippen LogP contribution in [0.15, 0.2) is 24.5 Å². The predicted octanol–water partition coefficient (Wildman–Crippen LogP) is 3.01. The molecule has 4 rings (SSSR count). The fourth-order valence-corrected chi connectivity index (χ4v) is 5.05. The number of fused-ring (bicyclic) bond motifs is 1. The molecule has 0 spiro atoms. The van der Waals surface area contributed by atoms with Gasteiger partial charge in [0.15, 0.2) is 5.13 Å². The predicted molar refractivity (Wildman–Crippen MR) is 93.6 cm³/mol. The number of likely N-dealkylation sites (tertiary alicyclic amines) is 1. The fraction of sp³-hybridized carbons (Fsp3) is 0.556. The normalized spacial score (nSPS) is 27.1. The number of carbonyl (C=O) groups excluding carboxylic acids is 1. The van der Waals surface area contributed by atoms with Crippen molar-refractivity contribution in [3.63, 3.8) is 0 Å². The van der Waals surface area contributed by atoms with E-state index in [2.05, 4.69) is 4.98 Å². The van der Waals surface area contributed by atoms with E-state index in [0.717, 1.165) is 41.4 Å². The Morgan fingerprint density at radius 2 is 2.12 bits per heavy atom. The Bertz CT molecular complexity index is 740. The Hall–Kier alpha value is -1.66. The molecule has 1 amide bonds. The van der Waals surface area contributed by atoms with Crippen LogP contribution in [0, 0.1) is 12.8 Å². The van der Waals surface area contributed by atoms with Crippen molar-refractivity contribution in [1.82, 2.24) is 14.5 Å². The van der Waals surface area contributed by atoms with E-state index in [1.165, 1.54) is 11.3 Å². The highest BCUT2D eigenvalue weighted by atomic mass is 32.1. The van der Waals surface area contributed by atoms with Crippen molar-refractivity contribution in [3.8, 4) is 5.13 Å². The fourth-order valence-electron chi connectivity index (χ4n) is 4.05. The minimum absolute atomic E-state index is 0.0658. The monoisotopic (exact) mass is 345 g/mol. The standard InChI is InChI=1S/C18H23N3O2S/c1-13-15(24-17(19-13)20-9-4-5-10-20)16(22)21-11-8-18(23)7-3-2-6-14(18)12-21/h4-5,9-10,14,23H,2-3,6-8,11-12H2,1H3. The van der Waals surface area contributed by atoms with Crippen LogP contribution in [0.1, 0.15) is 47.5 Å². The van der Waals surface area contributed by atoms with Gasteiger partial charge in [-0.1, -0.05) is 24.2 Å². The lowest BCUT2D eigenvalue weighted by molar-refractivity contribution is -0.0885. The number of carbonyl (C=O) groups is 1. The van der Waals surface area contributed by atoms with E-state index in [4.69, 9.17) is 0 Å². The molecule has 1 saturated carbocycles. The van der Waals surface area contributed by atoms with Crippen LogP contribution in [0.2, 0.25) is 0 Å². The lowest BCUT2D eigenvalue weighted by Crippen LogP contribution is -2.54. The molecule has 2 aromatic rings. The summed E-state index contributed by atoms with van der Waals surface area (Å²) in [4.78, 5) is 20.2. The molecule has 0 radical (unpaired) electrons. The van der Waals surface area contributed by atoms with Crippen molar-refractivity contribution in [1.29, 1.82) is 0 Å². The van der Waals surface area contributed by atoms with Crippen molar-refractivity contribution < 1.29 is 9.90 Å².